The Bertz CT molecular complexity index is 1090. The summed E-state index contributed by atoms with van der Waals surface area (Å²) < 4.78 is 31.9. The van der Waals surface area contributed by atoms with E-state index in [9.17, 15) is 18.0 Å². The van der Waals surface area contributed by atoms with Crippen molar-refractivity contribution in [3.8, 4) is 5.75 Å². The van der Waals surface area contributed by atoms with Crippen LogP contribution in [0.2, 0.25) is 0 Å². The second-order valence-corrected chi connectivity index (χ2v) is 10.2. The molecule has 35 heavy (non-hydrogen) atoms. The molecule has 2 aromatic rings. The number of benzene rings is 2. The minimum Gasteiger partial charge on any atom is -0.497 e. The molecule has 1 N–H and O–H groups in total. The number of nitrogens with zero attached hydrogens (tertiary/aromatic N) is 2. The first-order chi connectivity index (χ1) is 16.7. The van der Waals surface area contributed by atoms with E-state index in [4.69, 9.17) is 4.74 Å². The normalized spacial score (nSPS) is 12.0. The van der Waals surface area contributed by atoms with Crippen molar-refractivity contribution in [1.29, 1.82) is 0 Å². The number of carbonyl (C=O) groups excluding carboxylic acids is 2. The maximum absolute atomic E-state index is 13.7. The van der Waals surface area contributed by atoms with E-state index in [2.05, 4.69) is 5.32 Å². The Labute approximate surface area is 209 Å². The summed E-state index contributed by atoms with van der Waals surface area (Å²) in [5.41, 5.74) is 2.10. The third kappa shape index (κ3) is 7.71. The van der Waals surface area contributed by atoms with Crippen molar-refractivity contribution in [2.45, 2.75) is 52.6 Å². The fraction of sp³-hybridized carbons (Fsp3) is 0.462. The smallest absolute Gasteiger partial charge is 0.244 e. The lowest BCUT2D eigenvalue weighted by Crippen LogP contribution is -2.52. The minimum atomic E-state index is -3.76. The van der Waals surface area contributed by atoms with Crippen molar-refractivity contribution in [2.75, 3.05) is 30.8 Å². The van der Waals surface area contributed by atoms with E-state index in [1.165, 1.54) is 4.90 Å². The van der Waals surface area contributed by atoms with Crippen molar-refractivity contribution < 1.29 is 22.7 Å². The number of hydrogen-bond acceptors (Lipinski definition) is 5. The predicted molar refractivity (Wildman–Crippen MR) is 139 cm³/mol. The minimum absolute atomic E-state index is 0.161. The van der Waals surface area contributed by atoms with Crippen molar-refractivity contribution >= 4 is 27.5 Å². The SMILES string of the molecule is CCCNC(=O)C(CC)N(Cc1ccc(OC)cc1)C(=O)CN(c1ccccc1CC)S(C)(=O)=O. The molecule has 0 aromatic heterocycles. The fourth-order valence-corrected chi connectivity index (χ4v) is 4.74. The Morgan fingerprint density at radius 1 is 1.03 bits per heavy atom. The van der Waals surface area contributed by atoms with E-state index < -0.39 is 28.5 Å². The van der Waals surface area contributed by atoms with Crippen LogP contribution in [0.5, 0.6) is 5.75 Å². The van der Waals surface area contributed by atoms with Gasteiger partial charge in [-0.25, -0.2) is 8.42 Å². The van der Waals surface area contributed by atoms with Crippen LogP contribution in [0, 0.1) is 0 Å². The van der Waals surface area contributed by atoms with E-state index in [1.54, 1.807) is 31.4 Å². The summed E-state index contributed by atoms with van der Waals surface area (Å²) in [6.07, 6.45) is 2.86. The number of rotatable bonds is 13. The van der Waals surface area contributed by atoms with E-state index in [0.717, 1.165) is 28.1 Å². The van der Waals surface area contributed by atoms with Crippen molar-refractivity contribution in [2.24, 2.45) is 0 Å². The zero-order valence-electron chi connectivity index (χ0n) is 21.3. The molecular formula is C26H37N3O5S. The number of carbonyl (C=O) groups is 2. The molecule has 2 aromatic carbocycles. The van der Waals surface area contributed by atoms with E-state index in [1.807, 2.05) is 45.0 Å². The Morgan fingerprint density at radius 3 is 2.23 bits per heavy atom. The van der Waals surface area contributed by atoms with E-state index in [-0.39, 0.29) is 12.5 Å². The van der Waals surface area contributed by atoms with Gasteiger partial charge in [-0.2, -0.15) is 0 Å². The van der Waals surface area contributed by atoms with Gasteiger partial charge >= 0.3 is 0 Å². The first-order valence-corrected chi connectivity index (χ1v) is 13.8. The Balaban J connectivity index is 2.45. The molecule has 0 aliphatic heterocycles. The van der Waals surface area contributed by atoms with Gasteiger partial charge in [0.25, 0.3) is 0 Å². The average Bonchev–Trinajstić information content (AvgIpc) is 2.85. The van der Waals surface area contributed by atoms with Gasteiger partial charge in [0.2, 0.25) is 21.8 Å². The summed E-state index contributed by atoms with van der Waals surface area (Å²) in [4.78, 5) is 28.1. The first kappa shape index (κ1) is 28.2. The van der Waals surface area contributed by atoms with Crippen LogP contribution in [0.15, 0.2) is 48.5 Å². The Morgan fingerprint density at radius 2 is 1.69 bits per heavy atom. The summed E-state index contributed by atoms with van der Waals surface area (Å²) in [7, 11) is -2.19. The highest BCUT2D eigenvalue weighted by Gasteiger charge is 2.32. The molecular weight excluding hydrogens is 466 g/mol. The van der Waals surface area contributed by atoms with Gasteiger partial charge in [0.05, 0.1) is 19.1 Å². The predicted octanol–water partition coefficient (Wildman–Crippen LogP) is 3.36. The number of anilines is 1. The third-order valence-corrected chi connectivity index (χ3v) is 6.89. The average molecular weight is 504 g/mol. The number of hydrogen-bond donors (Lipinski definition) is 1. The van der Waals surface area contributed by atoms with Crippen molar-refractivity contribution in [3.63, 3.8) is 0 Å². The molecule has 0 heterocycles. The highest BCUT2D eigenvalue weighted by atomic mass is 32.2. The Kier molecular flexibility index (Phi) is 10.6. The molecule has 0 fully saturated rings. The second-order valence-electron chi connectivity index (χ2n) is 8.34. The first-order valence-electron chi connectivity index (χ1n) is 11.9. The fourth-order valence-electron chi connectivity index (χ4n) is 3.86. The monoisotopic (exact) mass is 503 g/mol. The third-order valence-electron chi connectivity index (χ3n) is 5.77. The zero-order chi connectivity index (χ0) is 26.0. The molecule has 9 heteroatoms. The summed E-state index contributed by atoms with van der Waals surface area (Å²) in [5, 5.41) is 2.87. The molecule has 0 bridgehead atoms. The van der Waals surface area contributed by atoms with E-state index in [0.29, 0.717) is 30.8 Å². The van der Waals surface area contributed by atoms with Crippen LogP contribution in [0.3, 0.4) is 0 Å². The maximum atomic E-state index is 13.7. The number of ether oxygens (including phenoxy) is 1. The second kappa shape index (κ2) is 13.1. The molecule has 0 spiro atoms. The van der Waals surface area contributed by atoms with Gasteiger partial charge < -0.3 is 15.0 Å². The largest absolute Gasteiger partial charge is 0.497 e. The van der Waals surface area contributed by atoms with Crippen LogP contribution in [0.4, 0.5) is 5.69 Å². The lowest BCUT2D eigenvalue weighted by molar-refractivity contribution is -0.140. The van der Waals surface area contributed by atoms with Gasteiger partial charge in [-0.05, 0) is 48.6 Å². The molecule has 1 unspecified atom stereocenters. The quantitative estimate of drug-likeness (QED) is 0.452. The molecule has 192 valence electrons. The van der Waals surface area contributed by atoms with E-state index >= 15 is 0 Å². The van der Waals surface area contributed by atoms with Crippen LogP contribution in [0.1, 0.15) is 44.7 Å². The number of nitrogens with one attached hydrogen (secondary N) is 1. The molecule has 2 amide bonds. The lowest BCUT2D eigenvalue weighted by Gasteiger charge is -2.33. The summed E-state index contributed by atoms with van der Waals surface area (Å²) >= 11 is 0. The van der Waals surface area contributed by atoms with Gasteiger partial charge in [-0.3, -0.25) is 13.9 Å². The van der Waals surface area contributed by atoms with Crippen LogP contribution < -0.4 is 14.4 Å². The van der Waals surface area contributed by atoms with Gasteiger partial charge in [-0.1, -0.05) is 51.1 Å². The van der Waals surface area contributed by atoms with Crippen LogP contribution in [0.25, 0.3) is 0 Å². The zero-order valence-corrected chi connectivity index (χ0v) is 22.1. The van der Waals surface area contributed by atoms with Gasteiger partial charge in [0.1, 0.15) is 18.3 Å². The summed E-state index contributed by atoms with van der Waals surface area (Å²) in [6, 6.07) is 13.6. The molecule has 0 radical (unpaired) electrons. The summed E-state index contributed by atoms with van der Waals surface area (Å²) in [5.74, 6) is -0.0227. The Hall–Kier alpha value is -3.07. The topological polar surface area (TPSA) is 96.0 Å². The van der Waals surface area contributed by atoms with Crippen LogP contribution >= 0.6 is 0 Å². The highest BCUT2D eigenvalue weighted by molar-refractivity contribution is 7.92. The van der Waals surface area contributed by atoms with Crippen LogP contribution in [-0.4, -0.2) is 57.6 Å². The van der Waals surface area contributed by atoms with Gasteiger partial charge in [-0.15, -0.1) is 0 Å². The highest BCUT2D eigenvalue weighted by Crippen LogP contribution is 2.24. The van der Waals surface area contributed by atoms with Gasteiger partial charge in [0.15, 0.2) is 0 Å². The number of aryl methyl sites for hydroxylation is 1. The summed E-state index contributed by atoms with van der Waals surface area (Å²) in [6.45, 7) is 5.99. The number of para-hydroxylation sites is 1. The van der Waals surface area contributed by atoms with Crippen LogP contribution in [-0.2, 0) is 32.6 Å². The molecule has 8 nitrogen and oxygen atoms in total. The maximum Gasteiger partial charge on any atom is 0.244 e. The molecule has 0 saturated heterocycles. The molecule has 0 aliphatic carbocycles. The number of methoxy groups -OCH3 is 1. The van der Waals surface area contributed by atoms with Crippen molar-refractivity contribution in [3.05, 3.63) is 59.7 Å². The molecule has 0 aliphatic rings. The molecule has 0 saturated carbocycles. The molecule has 1 atom stereocenters. The molecule has 2 rings (SSSR count). The number of sulfonamides is 1. The standard InChI is InChI=1S/C26H37N3O5S/c1-6-17-27-26(31)23(8-3)28(18-20-13-15-22(34-4)16-14-20)25(30)19-29(35(5,32)33)24-12-10-9-11-21(24)7-2/h9-16,23H,6-8,17-19H2,1-5H3,(H,27,31). The van der Waals surface area contributed by atoms with Crippen molar-refractivity contribution in [1.82, 2.24) is 10.2 Å². The van der Waals surface area contributed by atoms with Gasteiger partial charge in [0, 0.05) is 13.1 Å². The number of amides is 2. The lowest BCUT2D eigenvalue weighted by atomic mass is 10.1.